The first-order chi connectivity index (χ1) is 7.97. The summed E-state index contributed by atoms with van der Waals surface area (Å²) in [6, 6.07) is 5.39. The van der Waals surface area contributed by atoms with Crippen LogP contribution in [0.5, 0.6) is 0 Å². The smallest absolute Gasteiger partial charge is 0.325 e. The molecular weight excluding hydrogens is 286 g/mol. The Morgan fingerprint density at radius 3 is 2.65 bits per heavy atom. The summed E-state index contributed by atoms with van der Waals surface area (Å²) in [5.74, 6) is -0.636. The van der Waals surface area contributed by atoms with Gasteiger partial charge in [0, 0.05) is 17.1 Å². The molecule has 0 spiro atoms. The van der Waals surface area contributed by atoms with Gasteiger partial charge in [-0.05, 0) is 24.6 Å². The number of carbonyl (C=O) groups excluding carboxylic acids is 2. The zero-order valence-corrected chi connectivity index (χ0v) is 11.6. The molecule has 0 aliphatic carbocycles. The fourth-order valence-corrected chi connectivity index (χ4v) is 1.74. The first kappa shape index (κ1) is 13.7. The lowest BCUT2D eigenvalue weighted by atomic mass is 10.1. The van der Waals surface area contributed by atoms with Crippen LogP contribution < -0.4 is 0 Å². The normalized spacial score (nSPS) is 9.88. The van der Waals surface area contributed by atoms with Gasteiger partial charge in [0.2, 0.25) is 0 Å². The fraction of sp³-hybridized carbons (Fsp3) is 0.333. The Kier molecular flexibility index (Phi) is 4.69. The van der Waals surface area contributed by atoms with Crippen molar-refractivity contribution in [3.8, 4) is 0 Å². The van der Waals surface area contributed by atoms with E-state index in [1.165, 1.54) is 12.0 Å². The number of nitrogens with zero attached hydrogens (tertiary/aromatic N) is 1. The minimum atomic E-state index is -0.437. The summed E-state index contributed by atoms with van der Waals surface area (Å²) in [6.45, 7) is 1.80. The largest absolute Gasteiger partial charge is 0.468 e. The van der Waals surface area contributed by atoms with Gasteiger partial charge in [0.1, 0.15) is 6.54 Å². The molecule has 1 aromatic rings. The number of halogens is 1. The lowest BCUT2D eigenvalue weighted by Gasteiger charge is -2.17. The molecule has 0 bridgehead atoms. The van der Waals surface area contributed by atoms with Crippen molar-refractivity contribution in [1.29, 1.82) is 0 Å². The average molecular weight is 300 g/mol. The van der Waals surface area contributed by atoms with Crippen LogP contribution in [0.2, 0.25) is 0 Å². The summed E-state index contributed by atoms with van der Waals surface area (Å²) in [6.07, 6.45) is 0. The van der Waals surface area contributed by atoms with Crippen molar-refractivity contribution in [1.82, 2.24) is 4.90 Å². The van der Waals surface area contributed by atoms with Crippen LogP contribution in [0, 0.1) is 6.92 Å². The number of hydrogen-bond acceptors (Lipinski definition) is 3. The first-order valence-electron chi connectivity index (χ1n) is 5.04. The molecule has 0 radical (unpaired) electrons. The number of benzene rings is 1. The number of esters is 1. The van der Waals surface area contributed by atoms with E-state index >= 15 is 0 Å². The molecule has 17 heavy (non-hydrogen) atoms. The molecule has 5 heteroatoms. The number of likely N-dealkylation sites (N-methyl/N-ethyl adjacent to an activating group) is 1. The van der Waals surface area contributed by atoms with E-state index in [4.69, 9.17) is 0 Å². The molecule has 0 saturated heterocycles. The predicted octanol–water partition coefficient (Wildman–Crippen LogP) is 2.00. The minimum Gasteiger partial charge on any atom is -0.468 e. The van der Waals surface area contributed by atoms with E-state index in [-0.39, 0.29) is 12.5 Å². The van der Waals surface area contributed by atoms with Gasteiger partial charge >= 0.3 is 5.97 Å². The highest BCUT2D eigenvalue weighted by atomic mass is 79.9. The van der Waals surface area contributed by atoms with Crippen molar-refractivity contribution in [3.63, 3.8) is 0 Å². The first-order valence-corrected chi connectivity index (χ1v) is 5.84. The van der Waals surface area contributed by atoms with Crippen molar-refractivity contribution in [3.05, 3.63) is 33.8 Å². The van der Waals surface area contributed by atoms with Gasteiger partial charge in [-0.25, -0.2) is 0 Å². The molecule has 0 aromatic heterocycles. The molecular formula is C12H14BrNO3. The van der Waals surface area contributed by atoms with Gasteiger partial charge < -0.3 is 9.64 Å². The zero-order chi connectivity index (χ0) is 13.0. The monoisotopic (exact) mass is 299 g/mol. The van der Waals surface area contributed by atoms with Crippen LogP contribution in [0.4, 0.5) is 0 Å². The summed E-state index contributed by atoms with van der Waals surface area (Å²) < 4.78 is 5.39. The van der Waals surface area contributed by atoms with Gasteiger partial charge in [-0.15, -0.1) is 0 Å². The maximum atomic E-state index is 12.1. The van der Waals surface area contributed by atoms with Gasteiger partial charge in [-0.1, -0.05) is 22.0 Å². The lowest BCUT2D eigenvalue weighted by Crippen LogP contribution is -2.33. The fourth-order valence-electron chi connectivity index (χ4n) is 1.37. The third-order valence-corrected chi connectivity index (χ3v) is 3.30. The Labute approximate surface area is 109 Å². The van der Waals surface area contributed by atoms with Crippen LogP contribution in [0.3, 0.4) is 0 Å². The van der Waals surface area contributed by atoms with E-state index in [0.717, 1.165) is 10.0 Å². The van der Waals surface area contributed by atoms with Crippen LogP contribution in [0.1, 0.15) is 15.9 Å². The van der Waals surface area contributed by atoms with Crippen molar-refractivity contribution < 1.29 is 14.3 Å². The predicted molar refractivity (Wildman–Crippen MR) is 67.9 cm³/mol. The van der Waals surface area contributed by atoms with E-state index in [0.29, 0.717) is 5.56 Å². The Balaban J connectivity index is 2.89. The second kappa shape index (κ2) is 5.82. The second-order valence-electron chi connectivity index (χ2n) is 3.65. The Morgan fingerprint density at radius 1 is 1.41 bits per heavy atom. The summed E-state index contributed by atoms with van der Waals surface area (Å²) in [4.78, 5) is 24.5. The van der Waals surface area contributed by atoms with E-state index < -0.39 is 5.97 Å². The summed E-state index contributed by atoms with van der Waals surface area (Å²) >= 11 is 3.37. The Bertz CT molecular complexity index is 445. The standard InChI is InChI=1S/C12H14BrNO3/c1-8-9(5-4-6-10(8)13)12(16)14(2)7-11(15)17-3/h4-6H,7H2,1-3H3. The van der Waals surface area contributed by atoms with E-state index in [9.17, 15) is 9.59 Å². The zero-order valence-electron chi connectivity index (χ0n) is 9.99. The van der Waals surface area contributed by atoms with Crippen LogP contribution in [0.15, 0.2) is 22.7 Å². The Morgan fingerprint density at radius 2 is 2.06 bits per heavy atom. The molecule has 0 aliphatic rings. The van der Waals surface area contributed by atoms with Crippen molar-refractivity contribution >= 4 is 27.8 Å². The molecule has 0 N–H and O–H groups in total. The summed E-state index contributed by atoms with van der Waals surface area (Å²) in [5, 5.41) is 0. The molecule has 0 unspecified atom stereocenters. The number of rotatable bonds is 3. The molecule has 0 atom stereocenters. The van der Waals surface area contributed by atoms with Gasteiger partial charge in [0.25, 0.3) is 5.91 Å². The molecule has 1 rings (SSSR count). The maximum absolute atomic E-state index is 12.1. The average Bonchev–Trinajstić information content (AvgIpc) is 2.31. The highest BCUT2D eigenvalue weighted by Crippen LogP contribution is 2.20. The molecule has 0 aliphatic heterocycles. The van der Waals surface area contributed by atoms with Gasteiger partial charge in [-0.2, -0.15) is 0 Å². The van der Waals surface area contributed by atoms with E-state index in [1.807, 2.05) is 13.0 Å². The quantitative estimate of drug-likeness (QED) is 0.802. The van der Waals surface area contributed by atoms with Crippen LogP contribution in [0.25, 0.3) is 0 Å². The van der Waals surface area contributed by atoms with Gasteiger partial charge in [-0.3, -0.25) is 9.59 Å². The minimum absolute atomic E-state index is 0.0543. The van der Waals surface area contributed by atoms with Crippen molar-refractivity contribution in [2.24, 2.45) is 0 Å². The number of ether oxygens (including phenoxy) is 1. The third kappa shape index (κ3) is 3.30. The molecule has 4 nitrogen and oxygen atoms in total. The molecule has 0 fully saturated rings. The van der Waals surface area contributed by atoms with Gasteiger partial charge in [0.05, 0.1) is 7.11 Å². The number of methoxy groups -OCH3 is 1. The molecule has 0 saturated carbocycles. The van der Waals surface area contributed by atoms with Crippen LogP contribution >= 0.6 is 15.9 Å². The Hall–Kier alpha value is -1.36. The van der Waals surface area contributed by atoms with Gasteiger partial charge in [0.15, 0.2) is 0 Å². The lowest BCUT2D eigenvalue weighted by molar-refractivity contribution is -0.141. The highest BCUT2D eigenvalue weighted by molar-refractivity contribution is 9.10. The van der Waals surface area contributed by atoms with E-state index in [1.54, 1.807) is 19.2 Å². The molecule has 1 amide bonds. The van der Waals surface area contributed by atoms with Crippen LogP contribution in [-0.2, 0) is 9.53 Å². The SMILES string of the molecule is COC(=O)CN(C)C(=O)c1cccc(Br)c1C. The number of carbonyl (C=O) groups is 2. The number of amides is 1. The van der Waals surface area contributed by atoms with Crippen molar-refractivity contribution in [2.45, 2.75) is 6.92 Å². The van der Waals surface area contributed by atoms with Crippen LogP contribution in [-0.4, -0.2) is 37.5 Å². The third-order valence-electron chi connectivity index (χ3n) is 2.44. The summed E-state index contributed by atoms with van der Waals surface area (Å²) in [7, 11) is 2.87. The molecule has 1 aromatic carbocycles. The topological polar surface area (TPSA) is 46.6 Å². The second-order valence-corrected chi connectivity index (χ2v) is 4.50. The van der Waals surface area contributed by atoms with Crippen molar-refractivity contribution in [2.75, 3.05) is 20.7 Å². The summed E-state index contributed by atoms with van der Waals surface area (Å²) in [5.41, 5.74) is 1.43. The molecule has 92 valence electrons. The number of hydrogen-bond donors (Lipinski definition) is 0. The maximum Gasteiger partial charge on any atom is 0.325 e. The molecule has 0 heterocycles. The van der Waals surface area contributed by atoms with E-state index in [2.05, 4.69) is 20.7 Å². The highest BCUT2D eigenvalue weighted by Gasteiger charge is 2.17.